The van der Waals surface area contributed by atoms with E-state index < -0.39 is 20.6 Å². The second-order valence-corrected chi connectivity index (χ2v) is 7.99. The van der Waals surface area contributed by atoms with Gasteiger partial charge in [-0.25, -0.2) is 8.42 Å². The maximum atomic E-state index is 12.1. The van der Waals surface area contributed by atoms with Crippen molar-refractivity contribution in [3.05, 3.63) is 44.2 Å². The van der Waals surface area contributed by atoms with Gasteiger partial charge in [-0.2, -0.15) is 0 Å². The van der Waals surface area contributed by atoms with Crippen LogP contribution in [0.3, 0.4) is 0 Å². The fourth-order valence-electron chi connectivity index (χ4n) is 1.39. The summed E-state index contributed by atoms with van der Waals surface area (Å²) in [5.41, 5.74) is -0.735. The number of nitro benzene ring substituents is 1. The van der Waals surface area contributed by atoms with Crippen molar-refractivity contribution in [1.29, 1.82) is 0 Å². The molecule has 0 radical (unpaired) electrons. The third-order valence-electron chi connectivity index (χ3n) is 2.24. The largest absolute Gasteiger partial charge is 0.508 e. The zero-order valence-corrected chi connectivity index (χ0v) is 12.8. The van der Waals surface area contributed by atoms with Gasteiger partial charge in [-0.1, -0.05) is 0 Å². The van der Waals surface area contributed by atoms with Crippen LogP contribution < -0.4 is 4.72 Å². The fraction of sp³-hybridized carbons (Fsp3) is 0. The number of halogens is 1. The third kappa shape index (κ3) is 3.08. The van der Waals surface area contributed by atoms with Gasteiger partial charge in [0.1, 0.15) is 15.6 Å². The first-order valence-electron chi connectivity index (χ1n) is 5.05. The van der Waals surface area contributed by atoms with Crippen LogP contribution in [0.5, 0.6) is 5.75 Å². The van der Waals surface area contributed by atoms with Gasteiger partial charge < -0.3 is 5.11 Å². The van der Waals surface area contributed by atoms with Gasteiger partial charge in [0.25, 0.3) is 15.7 Å². The Morgan fingerprint density at radius 1 is 1.30 bits per heavy atom. The van der Waals surface area contributed by atoms with Crippen molar-refractivity contribution in [3.8, 4) is 5.75 Å². The van der Waals surface area contributed by atoms with E-state index in [4.69, 9.17) is 0 Å². The highest BCUT2D eigenvalue weighted by molar-refractivity contribution is 9.11. The van der Waals surface area contributed by atoms with Crippen molar-refractivity contribution < 1.29 is 18.4 Å². The Kier molecular flexibility index (Phi) is 3.97. The molecule has 0 saturated carbocycles. The minimum atomic E-state index is -3.91. The first-order valence-corrected chi connectivity index (χ1v) is 8.14. The van der Waals surface area contributed by atoms with E-state index >= 15 is 0 Å². The SMILES string of the molecule is O=[N+]([O-])c1cc(O)ccc1NS(=O)(=O)c1ccc(Br)s1. The van der Waals surface area contributed by atoms with E-state index in [2.05, 4.69) is 20.7 Å². The molecular formula is C10H7BrN2O5S2. The van der Waals surface area contributed by atoms with E-state index in [1.54, 1.807) is 6.07 Å². The quantitative estimate of drug-likeness (QED) is 0.482. The third-order valence-corrected chi connectivity index (χ3v) is 5.72. The summed E-state index contributed by atoms with van der Waals surface area (Å²) >= 11 is 4.12. The molecule has 0 atom stereocenters. The van der Waals surface area contributed by atoms with Crippen molar-refractivity contribution in [2.45, 2.75) is 4.21 Å². The van der Waals surface area contributed by atoms with Crippen LogP contribution in [0.4, 0.5) is 11.4 Å². The smallest absolute Gasteiger partial charge is 0.297 e. The Bertz CT molecular complexity index is 772. The summed E-state index contributed by atoms with van der Waals surface area (Å²) in [6.07, 6.45) is 0. The number of sulfonamides is 1. The summed E-state index contributed by atoms with van der Waals surface area (Å²) in [5.74, 6) is -0.321. The average Bonchev–Trinajstić information content (AvgIpc) is 2.78. The fourth-order valence-corrected chi connectivity index (χ4v) is 4.48. The molecule has 0 spiro atoms. The molecule has 0 aliphatic rings. The molecule has 2 aromatic rings. The molecule has 10 heteroatoms. The summed E-state index contributed by atoms with van der Waals surface area (Å²) in [6.45, 7) is 0. The molecule has 0 bridgehead atoms. The van der Waals surface area contributed by atoms with Crippen molar-refractivity contribution in [1.82, 2.24) is 0 Å². The second kappa shape index (κ2) is 5.38. The Morgan fingerprint density at radius 3 is 2.55 bits per heavy atom. The number of thiophene rings is 1. The standard InChI is InChI=1S/C10H7BrN2O5S2/c11-9-3-4-10(19-9)20(17,18)12-7-2-1-6(14)5-8(7)13(15)16/h1-5,12,14H. The lowest BCUT2D eigenvalue weighted by atomic mass is 10.2. The summed E-state index contributed by atoms with van der Waals surface area (Å²) < 4.78 is 26.9. The van der Waals surface area contributed by atoms with Crippen molar-refractivity contribution >= 4 is 48.7 Å². The predicted octanol–water partition coefficient (Wildman–Crippen LogP) is 2.93. The van der Waals surface area contributed by atoms with Gasteiger partial charge in [0.05, 0.1) is 14.8 Å². The molecule has 20 heavy (non-hydrogen) atoms. The van der Waals surface area contributed by atoms with Crippen molar-refractivity contribution in [2.24, 2.45) is 0 Å². The van der Waals surface area contributed by atoms with Crippen molar-refractivity contribution in [2.75, 3.05) is 4.72 Å². The molecule has 2 N–H and O–H groups in total. The van der Waals surface area contributed by atoms with Crippen LogP contribution in [0.15, 0.2) is 38.3 Å². The Morgan fingerprint density at radius 2 is 2.00 bits per heavy atom. The number of rotatable bonds is 4. The molecule has 1 aromatic heterocycles. The number of nitro groups is 1. The van der Waals surface area contributed by atoms with Crippen LogP contribution in [-0.2, 0) is 10.0 Å². The lowest BCUT2D eigenvalue weighted by molar-refractivity contribution is -0.384. The van der Waals surface area contributed by atoms with Crippen LogP contribution in [0, 0.1) is 10.1 Å². The van der Waals surface area contributed by atoms with E-state index in [1.807, 2.05) is 0 Å². The minimum absolute atomic E-state index is 0.0201. The lowest BCUT2D eigenvalue weighted by Gasteiger charge is -2.07. The second-order valence-electron chi connectivity index (χ2n) is 3.62. The number of aromatic hydroxyl groups is 1. The van der Waals surface area contributed by atoms with E-state index in [0.717, 1.165) is 29.5 Å². The molecule has 7 nitrogen and oxygen atoms in total. The molecule has 2 rings (SSSR count). The van der Waals surface area contributed by atoms with Crippen LogP contribution in [0.25, 0.3) is 0 Å². The zero-order chi connectivity index (χ0) is 14.9. The number of benzene rings is 1. The van der Waals surface area contributed by atoms with Crippen molar-refractivity contribution in [3.63, 3.8) is 0 Å². The zero-order valence-electron chi connectivity index (χ0n) is 9.61. The van der Waals surface area contributed by atoms with Crippen LogP contribution >= 0.6 is 27.3 Å². The molecule has 0 fully saturated rings. The number of nitrogens with zero attached hydrogens (tertiary/aromatic N) is 1. The number of phenols is 1. The van der Waals surface area contributed by atoms with Crippen LogP contribution in [0.1, 0.15) is 0 Å². The summed E-state index contributed by atoms with van der Waals surface area (Å²) in [7, 11) is -3.91. The number of nitrogens with one attached hydrogen (secondary N) is 1. The maximum absolute atomic E-state index is 12.1. The molecule has 106 valence electrons. The van der Waals surface area contributed by atoms with Gasteiger partial charge in [-0.3, -0.25) is 14.8 Å². The predicted molar refractivity (Wildman–Crippen MR) is 77.6 cm³/mol. The van der Waals surface area contributed by atoms with Gasteiger partial charge in [0.15, 0.2) is 0 Å². The normalized spacial score (nSPS) is 11.2. The van der Waals surface area contributed by atoms with Gasteiger partial charge in [-0.15, -0.1) is 11.3 Å². The molecule has 0 amide bonds. The highest BCUT2D eigenvalue weighted by Crippen LogP contribution is 2.32. The first kappa shape index (κ1) is 14.8. The molecule has 1 aromatic carbocycles. The van der Waals surface area contributed by atoms with Gasteiger partial charge >= 0.3 is 0 Å². The molecule has 0 aliphatic carbocycles. The van der Waals surface area contributed by atoms with E-state index in [1.165, 1.54) is 6.07 Å². The summed E-state index contributed by atoms with van der Waals surface area (Å²) in [4.78, 5) is 10.1. The molecule has 0 saturated heterocycles. The Labute approximate surface area is 126 Å². The molecule has 1 heterocycles. The topological polar surface area (TPSA) is 110 Å². The Balaban J connectivity index is 2.42. The van der Waals surface area contributed by atoms with E-state index in [-0.39, 0.29) is 15.6 Å². The van der Waals surface area contributed by atoms with Gasteiger partial charge in [0, 0.05) is 0 Å². The average molecular weight is 379 g/mol. The highest BCUT2D eigenvalue weighted by Gasteiger charge is 2.22. The lowest BCUT2D eigenvalue weighted by Crippen LogP contribution is -2.12. The molecule has 0 aliphatic heterocycles. The van der Waals surface area contributed by atoms with Gasteiger partial charge in [-0.05, 0) is 40.2 Å². The number of hydrogen-bond donors (Lipinski definition) is 2. The Hall–Kier alpha value is -1.65. The number of phenolic OH excluding ortho intramolecular Hbond substituents is 1. The number of anilines is 1. The summed E-state index contributed by atoms with van der Waals surface area (Å²) in [6, 6.07) is 6.11. The van der Waals surface area contributed by atoms with E-state index in [0.29, 0.717) is 3.79 Å². The maximum Gasteiger partial charge on any atom is 0.297 e. The highest BCUT2D eigenvalue weighted by atomic mass is 79.9. The van der Waals surface area contributed by atoms with E-state index in [9.17, 15) is 23.6 Å². The van der Waals surface area contributed by atoms with Crippen LogP contribution in [-0.4, -0.2) is 18.4 Å². The van der Waals surface area contributed by atoms with Gasteiger partial charge in [0.2, 0.25) is 0 Å². The monoisotopic (exact) mass is 378 g/mol. The minimum Gasteiger partial charge on any atom is -0.508 e. The molecular weight excluding hydrogens is 372 g/mol. The summed E-state index contributed by atoms with van der Waals surface area (Å²) in [5, 5.41) is 20.1. The first-order chi connectivity index (χ1) is 9.29. The number of hydrogen-bond acceptors (Lipinski definition) is 6. The van der Waals surface area contributed by atoms with Crippen LogP contribution in [0.2, 0.25) is 0 Å². The molecule has 0 unspecified atom stereocenters.